The molecule has 0 aromatic heterocycles. The fourth-order valence-corrected chi connectivity index (χ4v) is 0. The van der Waals surface area contributed by atoms with Crippen LogP contribution in [-0.2, 0) is 0 Å². The molecular weight excluding hydrogens is 139 g/mol. The quantitative estimate of drug-likeness (QED) is 0.259. The minimum absolute atomic E-state index is 0. The van der Waals surface area contributed by atoms with E-state index in [-0.39, 0.29) is 29.6 Å². The largest absolute Gasteiger partial charge is 0.265 e. The second kappa shape index (κ2) is 10.7. The Morgan fingerprint density at radius 3 is 1.00 bits per heavy atom. The Bertz CT molecular complexity index is 74.6. The van der Waals surface area contributed by atoms with Crippen LogP contribution in [0, 0.1) is 20.2 Å². The summed E-state index contributed by atoms with van der Waals surface area (Å²) < 4.78 is 0. The van der Waals surface area contributed by atoms with Crippen LogP contribution in [0.15, 0.2) is 0 Å². The molecule has 0 unspecified atom stereocenters. The fraction of sp³-hybridized carbons (Fsp3) is 1.00. The molecular formula is C2H6N2NaO4. The summed E-state index contributed by atoms with van der Waals surface area (Å²) in [5.74, 6) is 0. The molecule has 0 amide bonds. The van der Waals surface area contributed by atoms with Gasteiger partial charge in [-0.3, -0.25) is 20.2 Å². The Balaban J connectivity index is -0.0000000720. The molecule has 0 saturated heterocycles. The van der Waals surface area contributed by atoms with Crippen molar-refractivity contribution in [1.82, 2.24) is 0 Å². The number of rotatable bonds is 0. The van der Waals surface area contributed by atoms with Crippen molar-refractivity contribution in [2.75, 3.05) is 14.1 Å². The summed E-state index contributed by atoms with van der Waals surface area (Å²) in [5.41, 5.74) is 0. The maximum absolute atomic E-state index is 8.81. The van der Waals surface area contributed by atoms with Crippen molar-refractivity contribution in [3.05, 3.63) is 20.2 Å². The van der Waals surface area contributed by atoms with Crippen molar-refractivity contribution in [3.8, 4) is 0 Å². The molecule has 0 saturated carbocycles. The first-order valence-electron chi connectivity index (χ1n) is 1.62. The Hall–Kier alpha value is -0.200. The van der Waals surface area contributed by atoms with Gasteiger partial charge in [-0.05, 0) is 0 Å². The number of nitro groups is 2. The first-order valence-corrected chi connectivity index (χ1v) is 1.62. The normalized spacial score (nSPS) is 5.56. The molecule has 0 rings (SSSR count). The van der Waals surface area contributed by atoms with Crippen LogP contribution < -0.4 is 0 Å². The second-order valence-corrected chi connectivity index (χ2v) is 0.879. The second-order valence-electron chi connectivity index (χ2n) is 0.879. The molecule has 0 heterocycles. The first kappa shape index (κ1) is 15.9. The third-order valence-corrected chi connectivity index (χ3v) is 0. The zero-order chi connectivity index (χ0) is 7.15. The van der Waals surface area contributed by atoms with Crippen LogP contribution in [-0.4, -0.2) is 53.5 Å². The molecule has 0 atom stereocenters. The molecule has 0 fully saturated rings. The molecule has 0 aromatic carbocycles. The van der Waals surface area contributed by atoms with Gasteiger partial charge in [-0.15, -0.1) is 0 Å². The van der Waals surface area contributed by atoms with Crippen LogP contribution in [0.2, 0.25) is 0 Å². The summed E-state index contributed by atoms with van der Waals surface area (Å²) in [6.45, 7) is 0. The van der Waals surface area contributed by atoms with Crippen LogP contribution in [0.5, 0.6) is 0 Å². The Morgan fingerprint density at radius 2 is 1.00 bits per heavy atom. The van der Waals surface area contributed by atoms with Gasteiger partial charge >= 0.3 is 0 Å². The number of nitrogens with zero attached hydrogens (tertiary/aromatic N) is 2. The Kier molecular flexibility index (Phi) is 19.0. The number of hydrogen-bond acceptors (Lipinski definition) is 4. The van der Waals surface area contributed by atoms with Crippen LogP contribution >= 0.6 is 0 Å². The van der Waals surface area contributed by atoms with Crippen molar-refractivity contribution >= 4 is 29.6 Å². The van der Waals surface area contributed by atoms with Gasteiger partial charge in [0.05, 0.1) is 0 Å². The van der Waals surface area contributed by atoms with E-state index in [4.69, 9.17) is 20.2 Å². The Labute approximate surface area is 73.8 Å². The van der Waals surface area contributed by atoms with Crippen LogP contribution in [0.3, 0.4) is 0 Å². The molecule has 0 aliphatic heterocycles. The molecule has 0 bridgehead atoms. The van der Waals surface area contributed by atoms with Crippen LogP contribution in [0.25, 0.3) is 0 Å². The van der Waals surface area contributed by atoms with E-state index >= 15 is 0 Å². The van der Waals surface area contributed by atoms with Gasteiger partial charge < -0.3 is 0 Å². The van der Waals surface area contributed by atoms with Crippen molar-refractivity contribution in [2.45, 2.75) is 0 Å². The topological polar surface area (TPSA) is 86.3 Å². The molecule has 6 nitrogen and oxygen atoms in total. The standard InChI is InChI=1S/2CH3NO2.Na/c2*1-2(3)4;/h2*1H3;. The minimum atomic E-state index is -0.500. The average molecular weight is 145 g/mol. The van der Waals surface area contributed by atoms with Gasteiger partial charge in [0.15, 0.2) is 14.1 Å². The van der Waals surface area contributed by atoms with E-state index in [1.807, 2.05) is 0 Å². The summed E-state index contributed by atoms with van der Waals surface area (Å²) in [5, 5.41) is 17.6. The van der Waals surface area contributed by atoms with Gasteiger partial charge in [0.25, 0.3) is 0 Å². The van der Waals surface area contributed by atoms with E-state index in [1.165, 1.54) is 0 Å². The predicted molar refractivity (Wildman–Crippen MR) is 31.6 cm³/mol. The molecule has 49 valence electrons. The van der Waals surface area contributed by atoms with Gasteiger partial charge in [0.1, 0.15) is 0 Å². The summed E-state index contributed by atoms with van der Waals surface area (Å²) in [6, 6.07) is 0. The predicted octanol–water partition coefficient (Wildman–Crippen LogP) is -0.595. The molecule has 9 heavy (non-hydrogen) atoms. The molecule has 0 aromatic rings. The zero-order valence-electron chi connectivity index (χ0n) is 5.53. The van der Waals surface area contributed by atoms with Crippen molar-refractivity contribution in [2.24, 2.45) is 0 Å². The van der Waals surface area contributed by atoms with Gasteiger partial charge in [0, 0.05) is 39.4 Å². The van der Waals surface area contributed by atoms with Crippen molar-refractivity contribution in [3.63, 3.8) is 0 Å². The smallest absolute Gasteiger partial charge is 0.194 e. The maximum atomic E-state index is 8.81. The third-order valence-electron chi connectivity index (χ3n) is 0. The van der Waals surface area contributed by atoms with Crippen LogP contribution in [0.4, 0.5) is 0 Å². The van der Waals surface area contributed by atoms with Crippen molar-refractivity contribution in [1.29, 1.82) is 0 Å². The number of hydrogen-bond donors (Lipinski definition) is 0. The van der Waals surface area contributed by atoms with E-state index in [0.717, 1.165) is 14.1 Å². The summed E-state index contributed by atoms with van der Waals surface area (Å²) in [6.07, 6.45) is 0. The van der Waals surface area contributed by atoms with Gasteiger partial charge in [-0.2, -0.15) is 0 Å². The van der Waals surface area contributed by atoms with E-state index in [2.05, 4.69) is 0 Å². The first-order chi connectivity index (χ1) is 3.46. The van der Waals surface area contributed by atoms with Gasteiger partial charge in [0.2, 0.25) is 0 Å². The monoisotopic (exact) mass is 145 g/mol. The molecule has 7 heteroatoms. The van der Waals surface area contributed by atoms with Gasteiger partial charge in [-0.25, -0.2) is 0 Å². The third kappa shape index (κ3) is 6560. The molecule has 0 aliphatic rings. The molecule has 0 N–H and O–H groups in total. The van der Waals surface area contributed by atoms with E-state index in [0.29, 0.717) is 0 Å². The van der Waals surface area contributed by atoms with E-state index in [1.54, 1.807) is 0 Å². The summed E-state index contributed by atoms with van der Waals surface area (Å²) >= 11 is 0. The Morgan fingerprint density at radius 1 is 1.00 bits per heavy atom. The average Bonchev–Trinajstić information content (AvgIpc) is 1.25. The van der Waals surface area contributed by atoms with E-state index in [9.17, 15) is 0 Å². The fourth-order valence-electron chi connectivity index (χ4n) is 0. The SMILES string of the molecule is C[N+](=O)[O-].C[N+](=O)[O-].[Na]. The summed E-state index contributed by atoms with van der Waals surface area (Å²) in [4.78, 5) is 16.6. The van der Waals surface area contributed by atoms with E-state index < -0.39 is 9.85 Å². The molecule has 0 aliphatic carbocycles. The minimum Gasteiger partial charge on any atom is -0.265 e. The van der Waals surface area contributed by atoms with Crippen LogP contribution in [0.1, 0.15) is 0 Å². The van der Waals surface area contributed by atoms with Crippen molar-refractivity contribution < 1.29 is 9.85 Å². The molecule has 0 spiro atoms. The zero-order valence-corrected chi connectivity index (χ0v) is 7.53. The maximum Gasteiger partial charge on any atom is 0.194 e. The summed E-state index contributed by atoms with van der Waals surface area (Å²) in [7, 11) is 1.78. The molecule has 1 radical (unpaired) electrons. The van der Waals surface area contributed by atoms with Gasteiger partial charge in [-0.1, -0.05) is 0 Å².